The molecule has 0 aliphatic carbocycles. The lowest BCUT2D eigenvalue weighted by Gasteiger charge is -2.20. The fraction of sp³-hybridized carbons (Fsp3) is 0.0769. The molecule has 0 radical (unpaired) electrons. The Balaban J connectivity index is 1.06. The van der Waals surface area contributed by atoms with Crippen molar-refractivity contribution in [1.29, 1.82) is 0 Å². The van der Waals surface area contributed by atoms with Crippen molar-refractivity contribution in [1.82, 2.24) is 14.1 Å². The number of nitrogens with zero attached hydrogens (tertiary/aromatic N) is 4. The number of benzene rings is 11. The van der Waals surface area contributed by atoms with Gasteiger partial charge in [-0.15, -0.1) is 0 Å². The third-order valence-electron chi connectivity index (χ3n) is 14.2. The van der Waals surface area contributed by atoms with Crippen LogP contribution in [0.5, 0.6) is 11.5 Å². The highest BCUT2D eigenvalue weighted by molar-refractivity contribution is 6.09. The van der Waals surface area contributed by atoms with Crippen LogP contribution in [0, 0.1) is 20.0 Å². The Morgan fingerprint density at radius 2 is 1.08 bits per heavy atom. The molecule has 3 heterocycles. The Labute approximate surface area is 526 Å². The Morgan fingerprint density at radius 1 is 0.482 bits per heavy atom. The molecule has 3 aromatic heterocycles. The van der Waals surface area contributed by atoms with Crippen molar-refractivity contribution in [2.75, 3.05) is 0 Å². The summed E-state index contributed by atoms with van der Waals surface area (Å²) in [6.45, 7) is 0.0342. The Morgan fingerprint density at radius 3 is 1.75 bits per heavy atom. The van der Waals surface area contributed by atoms with Gasteiger partial charge in [0.2, 0.25) is 0 Å². The van der Waals surface area contributed by atoms with Crippen molar-refractivity contribution in [3.05, 3.63) is 296 Å². The molecule has 0 saturated carbocycles. The Kier molecular flexibility index (Phi) is 7.16. The summed E-state index contributed by atoms with van der Waals surface area (Å²) in [5.74, 6) is 0.487. The summed E-state index contributed by atoms with van der Waals surface area (Å²) < 4.78 is 273. The smallest absolute Gasteiger partial charge is 0.269 e. The average molecular weight is 1100 g/mol. The molecule has 0 aliphatic heterocycles. The van der Waals surface area contributed by atoms with Crippen LogP contribution < -0.4 is 9.30 Å². The third kappa shape index (κ3) is 9.66. The Bertz CT molecular complexity index is 6200. The van der Waals surface area contributed by atoms with Gasteiger partial charge < -0.3 is 4.74 Å². The van der Waals surface area contributed by atoms with Gasteiger partial charge >= 0.3 is 0 Å². The number of hydrogen-bond acceptors (Lipinski definition) is 2. The molecule has 5 heteroatoms. The van der Waals surface area contributed by atoms with E-state index in [1.54, 1.807) is 81.9 Å². The first-order valence-corrected chi connectivity index (χ1v) is 26.1. The summed E-state index contributed by atoms with van der Waals surface area (Å²) in [5.41, 5.74) is -3.89. The number of imidazole rings is 1. The number of aryl methyl sites for hydroxylation is 2. The zero-order valence-electron chi connectivity index (χ0n) is 73.4. The molecule has 0 unspecified atom stereocenters. The zero-order chi connectivity index (χ0) is 81.2. The monoisotopic (exact) mass is 1100 g/mol. The van der Waals surface area contributed by atoms with Crippen LogP contribution in [0.15, 0.2) is 273 Å². The van der Waals surface area contributed by atoms with Gasteiger partial charge in [0, 0.05) is 36.8 Å². The van der Waals surface area contributed by atoms with E-state index in [1.807, 2.05) is 36.4 Å². The third-order valence-corrected chi connectivity index (χ3v) is 14.2. The van der Waals surface area contributed by atoms with Crippen LogP contribution in [-0.4, -0.2) is 14.1 Å². The highest BCUT2D eigenvalue weighted by atomic mass is 16.5. The fourth-order valence-corrected chi connectivity index (χ4v) is 10.3. The van der Waals surface area contributed by atoms with Crippen molar-refractivity contribution in [3.8, 4) is 95.5 Å². The van der Waals surface area contributed by atoms with Gasteiger partial charge in [-0.3, -0.25) is 13.7 Å². The number of para-hydroxylation sites is 1. The number of rotatable bonds is 11. The predicted molar refractivity (Wildman–Crippen MR) is 343 cm³/mol. The second-order valence-corrected chi connectivity index (χ2v) is 20.4. The van der Waals surface area contributed by atoms with E-state index in [2.05, 4.69) is 27.1 Å². The first kappa shape index (κ1) is 28.4. The minimum absolute atomic E-state index is 0.0848. The molecule has 11 aromatic carbocycles. The predicted octanol–water partition coefficient (Wildman–Crippen LogP) is 19.9. The minimum atomic E-state index is -3.23. The van der Waals surface area contributed by atoms with Gasteiger partial charge in [-0.1, -0.05) is 220 Å². The summed E-state index contributed by atoms with van der Waals surface area (Å²) in [4.78, 5) is 4.71. The summed E-state index contributed by atoms with van der Waals surface area (Å²) in [6, 6.07) is 15.2. The molecule has 0 aliphatic rings. The highest BCUT2D eigenvalue weighted by Crippen LogP contribution is 2.41. The SMILES string of the molecule is [2H]c1c([2H])c([2H])c(-c2cnc(-n3c4ccccc4c4ccc(Oc5cccc(-n6[c-][n+](-c7c(-c8c([2H])c([2H])c([2H])c([2H])c8[2H])cc(C([2H])([2H])[2H])cc7-c7c([2H])c(-c8c([2H])c([2H])c([2H])c([2H])c8[2H])c([2H])c(-c8c([2H])c([2H])c([2H])c([2H])c8[2H])c7[2H])c7ccc(-c8ccc(C(C)(C)C)cc8)cc76)c5)cc43)cc2C([2H])([2H])[2H])c([2H])c1[2H]. The van der Waals surface area contributed by atoms with Crippen LogP contribution >= 0.6 is 0 Å². The van der Waals surface area contributed by atoms with Crippen molar-refractivity contribution >= 4 is 32.8 Å². The normalized spacial score (nSPS) is 16.9. The van der Waals surface area contributed by atoms with Gasteiger partial charge in [0.15, 0.2) is 0 Å². The van der Waals surface area contributed by atoms with E-state index >= 15 is 0 Å². The van der Waals surface area contributed by atoms with E-state index < -0.39 is 208 Å². The van der Waals surface area contributed by atoms with Crippen molar-refractivity contribution in [2.24, 2.45) is 0 Å². The van der Waals surface area contributed by atoms with Gasteiger partial charge in [0.05, 0.1) is 65.0 Å². The highest BCUT2D eigenvalue weighted by Gasteiger charge is 2.24. The molecular weight excluding hydrogens is 1010 g/mol. The topological polar surface area (TPSA) is 35.9 Å². The molecule has 14 aromatic rings. The zero-order valence-corrected chi connectivity index (χ0v) is 44.4. The molecule has 0 saturated heterocycles. The summed E-state index contributed by atoms with van der Waals surface area (Å²) in [6.07, 6.45) is 4.54. The standard InChI is InChI=1S/C78H60N4O/c1-52-41-69(57-25-14-8-15-26-57)77(70(42-52)62-45-60(54-21-10-6-11-22-54)44-61(46-62)55-23-12-7-13-24-55)81-51-80(75-47-59(35-40-73(75)81)56-33-36-63(37-34-56)78(3,4)5)64-29-20-30-65(48-64)83-66-38-39-68-67-31-18-19-32-72(67)82(74(68)49-66)76-43-53(2)71(50-79-76)58-27-16-9-17-28-58/h6-50H,1-5H3/i1D3,2D3,6D,7D,8D,9D,10D,11D,12D,13D,14D,15D,16D,17D,21D,22D,23D,24D,25D,26D,27D,28D,44D,45D,46D. The van der Waals surface area contributed by atoms with Gasteiger partial charge in [-0.2, -0.15) is 0 Å². The lowest BCUT2D eigenvalue weighted by Crippen LogP contribution is -2.31. The number of ether oxygens (including phenoxy) is 1. The summed E-state index contributed by atoms with van der Waals surface area (Å²) in [7, 11) is 0. The molecule has 83 heavy (non-hydrogen) atoms. The van der Waals surface area contributed by atoms with Gasteiger partial charge in [0.1, 0.15) is 17.3 Å². The molecule has 0 N–H and O–H groups in total. The molecule has 398 valence electrons. The average Bonchev–Trinajstić information content (AvgIpc) is 1.05. The second-order valence-electron chi connectivity index (χ2n) is 20.4. The van der Waals surface area contributed by atoms with Crippen LogP contribution in [0.2, 0.25) is 0 Å². The van der Waals surface area contributed by atoms with Gasteiger partial charge in [0.25, 0.3) is 6.33 Å². The van der Waals surface area contributed by atoms with Gasteiger partial charge in [-0.25, -0.2) is 4.98 Å². The largest absolute Gasteiger partial charge is 0.458 e. The fourth-order valence-electron chi connectivity index (χ4n) is 10.3. The quantitative estimate of drug-likeness (QED) is 0.0956. The molecule has 0 atom stereocenters. The van der Waals surface area contributed by atoms with E-state index in [0.29, 0.717) is 32.9 Å². The van der Waals surface area contributed by atoms with E-state index in [0.717, 1.165) is 17.7 Å². The minimum Gasteiger partial charge on any atom is -0.458 e. The number of aromatic nitrogens is 4. The summed E-state index contributed by atoms with van der Waals surface area (Å²) in [5, 5.41) is 1.38. The molecule has 0 bridgehead atoms. The Hall–Kier alpha value is -10.4. The van der Waals surface area contributed by atoms with Crippen LogP contribution in [0.3, 0.4) is 0 Å². The molecule has 0 amide bonds. The van der Waals surface area contributed by atoms with Crippen molar-refractivity contribution in [3.63, 3.8) is 0 Å². The maximum absolute atomic E-state index is 10.4. The van der Waals surface area contributed by atoms with E-state index in [1.165, 1.54) is 16.8 Å². The van der Waals surface area contributed by atoms with Crippen molar-refractivity contribution in [2.45, 2.75) is 39.9 Å². The molecule has 0 fully saturated rings. The second kappa shape index (κ2) is 20.9. The summed E-state index contributed by atoms with van der Waals surface area (Å²) >= 11 is 0. The lowest BCUT2D eigenvalue weighted by molar-refractivity contribution is -0.571. The molecule has 5 nitrogen and oxygen atoms in total. The maximum Gasteiger partial charge on any atom is 0.269 e. The van der Waals surface area contributed by atoms with E-state index in [4.69, 9.17) is 37.1 Å². The van der Waals surface area contributed by atoms with Crippen LogP contribution in [0.25, 0.3) is 117 Å². The van der Waals surface area contributed by atoms with E-state index in [9.17, 15) is 12.3 Å². The number of hydrogen-bond donors (Lipinski definition) is 0. The van der Waals surface area contributed by atoms with Gasteiger partial charge in [-0.05, 0) is 158 Å². The first-order valence-electron chi connectivity index (χ1n) is 40.6. The number of pyridine rings is 1. The number of fused-ring (bicyclic) bond motifs is 4. The van der Waals surface area contributed by atoms with Crippen LogP contribution in [-0.2, 0) is 5.41 Å². The van der Waals surface area contributed by atoms with Crippen LogP contribution in [0.1, 0.15) is 77.2 Å². The molecular formula is C78H60N4O. The van der Waals surface area contributed by atoms with Crippen LogP contribution in [0.4, 0.5) is 0 Å². The maximum atomic E-state index is 10.4. The van der Waals surface area contributed by atoms with E-state index in [-0.39, 0.29) is 56.1 Å². The first-order chi connectivity index (χ1) is 52.6. The molecule has 0 spiro atoms. The lowest BCUT2D eigenvalue weighted by atomic mass is 9.86. The van der Waals surface area contributed by atoms with Crippen molar-refractivity contribution < 1.29 is 49.1 Å². The molecule has 14 rings (SSSR count).